The lowest BCUT2D eigenvalue weighted by Gasteiger charge is -2.43. The van der Waals surface area contributed by atoms with Crippen LogP contribution >= 0.6 is 15.9 Å². The van der Waals surface area contributed by atoms with Crippen LogP contribution in [0.25, 0.3) is 0 Å². The van der Waals surface area contributed by atoms with Gasteiger partial charge in [-0.1, -0.05) is 88.7 Å². The molecule has 0 aliphatic carbocycles. The molecule has 3 amide bonds. The van der Waals surface area contributed by atoms with Gasteiger partial charge in [0.2, 0.25) is 17.7 Å². The maximum Gasteiger partial charge on any atom is 0.313 e. The highest BCUT2D eigenvalue weighted by Gasteiger charge is 2.78. The summed E-state index contributed by atoms with van der Waals surface area (Å²) in [6, 6.07) is 16.3. The lowest BCUT2D eigenvalue weighted by molar-refractivity contribution is -0.165. The summed E-state index contributed by atoms with van der Waals surface area (Å²) in [7, 11) is 1.69. The fourth-order valence-corrected chi connectivity index (χ4v) is 9.18. The molecule has 11 heteroatoms. The molecule has 5 rings (SSSR count). The molecule has 10 nitrogen and oxygen atoms in total. The second kappa shape index (κ2) is 16.1. The summed E-state index contributed by atoms with van der Waals surface area (Å²) in [5, 5.41) is 10.9. The molecule has 3 aliphatic rings. The van der Waals surface area contributed by atoms with Gasteiger partial charge in [0.05, 0.1) is 36.6 Å². The molecule has 2 aromatic carbocycles. The summed E-state index contributed by atoms with van der Waals surface area (Å²) < 4.78 is 13.2. The van der Waals surface area contributed by atoms with Crippen LogP contribution < -0.4 is 0 Å². The first-order chi connectivity index (χ1) is 24.7. The van der Waals surface area contributed by atoms with Crippen molar-refractivity contribution in [2.45, 2.75) is 99.7 Å². The minimum absolute atomic E-state index is 0.119. The third-order valence-electron chi connectivity index (χ3n) is 10.9. The van der Waals surface area contributed by atoms with E-state index in [1.54, 1.807) is 29.0 Å². The average Bonchev–Trinajstić information content (AvgIpc) is 3.73. The van der Waals surface area contributed by atoms with Gasteiger partial charge in [0.15, 0.2) is 0 Å². The Hall–Kier alpha value is -3.80. The molecule has 0 aromatic heterocycles. The predicted molar refractivity (Wildman–Crippen MR) is 202 cm³/mol. The largest absolute Gasteiger partial charge is 0.455 e. The highest BCUT2D eigenvalue weighted by Crippen LogP contribution is 2.61. The summed E-state index contributed by atoms with van der Waals surface area (Å²) in [5.41, 5.74) is -0.419. The smallest absolute Gasteiger partial charge is 0.313 e. The highest BCUT2D eigenvalue weighted by molar-refractivity contribution is 9.09. The van der Waals surface area contributed by atoms with Gasteiger partial charge in [0.1, 0.15) is 17.7 Å². The molecule has 3 fully saturated rings. The summed E-state index contributed by atoms with van der Waals surface area (Å²) in [6.45, 7) is 15.0. The molecule has 9 atom stereocenters. The number of hydrogen-bond acceptors (Lipinski definition) is 7. The fourth-order valence-electron chi connectivity index (χ4n) is 8.24. The number of likely N-dealkylation sites (tertiary alicyclic amines) is 1. The lowest BCUT2D eigenvalue weighted by Crippen LogP contribution is -2.62. The average molecular weight is 779 g/mol. The van der Waals surface area contributed by atoms with Crippen molar-refractivity contribution in [1.29, 1.82) is 0 Å². The molecule has 280 valence electrons. The second-order valence-corrected chi connectivity index (χ2v) is 16.4. The summed E-state index contributed by atoms with van der Waals surface area (Å²) in [4.78, 5) is 62.0. The fraction of sp³-hybridized carbons (Fsp3) is 0.512. The van der Waals surface area contributed by atoms with Crippen molar-refractivity contribution in [2.24, 2.45) is 11.8 Å². The number of alkyl halides is 1. The van der Waals surface area contributed by atoms with Crippen LogP contribution in [0.1, 0.15) is 64.2 Å². The van der Waals surface area contributed by atoms with Crippen molar-refractivity contribution in [3.63, 3.8) is 0 Å². The van der Waals surface area contributed by atoms with E-state index in [9.17, 15) is 24.3 Å². The van der Waals surface area contributed by atoms with E-state index in [-0.39, 0.29) is 29.6 Å². The number of halogens is 1. The van der Waals surface area contributed by atoms with Crippen LogP contribution in [0.4, 0.5) is 0 Å². The Labute approximate surface area is 315 Å². The quantitative estimate of drug-likeness (QED) is 0.149. The predicted octanol–water partition coefficient (Wildman–Crippen LogP) is 5.25. The van der Waals surface area contributed by atoms with E-state index in [0.717, 1.165) is 5.56 Å². The number of carbonyl (C=O) groups excluding carboxylic acids is 4. The number of amides is 3. The molecule has 1 spiro atoms. The SMILES string of the molecule is C=CCCC(=O)N(C)[C@@H](C)[C@@H](OC(=O)[C@H]1[C@@H]2O[C@@]3(CC2Br)[C@@H]1C(=O)N([C@@H](CO)Cc1ccccc1)[C@@H]3C(=O)N(CC=C)C(C)(C)C)c1ccccc1. The van der Waals surface area contributed by atoms with Gasteiger partial charge in [-0.2, -0.15) is 0 Å². The third kappa shape index (κ3) is 7.37. The van der Waals surface area contributed by atoms with Gasteiger partial charge in [0.25, 0.3) is 0 Å². The highest BCUT2D eigenvalue weighted by atomic mass is 79.9. The number of aliphatic hydroxyl groups is 1. The molecule has 2 bridgehead atoms. The van der Waals surface area contributed by atoms with Gasteiger partial charge in [-0.3, -0.25) is 19.2 Å². The molecular weight excluding hydrogens is 726 g/mol. The Morgan fingerprint density at radius 3 is 2.31 bits per heavy atom. The summed E-state index contributed by atoms with van der Waals surface area (Å²) >= 11 is 3.76. The number of fused-ring (bicyclic) bond motifs is 1. The number of nitrogens with zero attached hydrogens (tertiary/aromatic N) is 3. The molecular formula is C41H52BrN3O7. The number of rotatable bonds is 15. The summed E-state index contributed by atoms with van der Waals surface area (Å²) in [5.74, 6) is -3.61. The van der Waals surface area contributed by atoms with Crippen LogP contribution in [0.5, 0.6) is 0 Å². The van der Waals surface area contributed by atoms with Gasteiger partial charge >= 0.3 is 5.97 Å². The molecule has 0 radical (unpaired) electrons. The van der Waals surface area contributed by atoms with Crippen LogP contribution in [0, 0.1) is 11.8 Å². The molecule has 3 saturated heterocycles. The number of likely N-dealkylation sites (N-methyl/N-ethyl adjacent to an activating group) is 1. The first kappa shape index (κ1) is 39.4. The van der Waals surface area contributed by atoms with Crippen LogP contribution in [0.2, 0.25) is 0 Å². The number of hydrogen-bond donors (Lipinski definition) is 1. The molecule has 1 unspecified atom stereocenters. The number of benzene rings is 2. The molecule has 0 saturated carbocycles. The Morgan fingerprint density at radius 1 is 1.10 bits per heavy atom. The number of allylic oxidation sites excluding steroid dienone is 1. The molecule has 3 aliphatic heterocycles. The van der Waals surface area contributed by atoms with Gasteiger partial charge in [-0.15, -0.1) is 13.2 Å². The first-order valence-corrected chi connectivity index (χ1v) is 19.0. The van der Waals surface area contributed by atoms with E-state index >= 15 is 0 Å². The van der Waals surface area contributed by atoms with E-state index in [4.69, 9.17) is 9.47 Å². The monoisotopic (exact) mass is 777 g/mol. The molecule has 1 N–H and O–H groups in total. The van der Waals surface area contributed by atoms with Gasteiger partial charge in [-0.25, -0.2) is 0 Å². The first-order valence-electron chi connectivity index (χ1n) is 18.0. The summed E-state index contributed by atoms with van der Waals surface area (Å²) in [6.07, 6.45) is 3.11. The van der Waals surface area contributed by atoms with E-state index < -0.39 is 71.8 Å². The van der Waals surface area contributed by atoms with Crippen LogP contribution in [0.3, 0.4) is 0 Å². The van der Waals surface area contributed by atoms with Crippen LogP contribution in [-0.2, 0) is 35.1 Å². The van der Waals surface area contributed by atoms with Crippen molar-refractivity contribution in [2.75, 3.05) is 20.2 Å². The Bertz CT molecular complexity index is 1630. The third-order valence-corrected chi connectivity index (χ3v) is 11.8. The lowest BCUT2D eigenvalue weighted by atomic mass is 9.70. The standard InChI is InChI=1S/C41H52BrN3O7/c1-8-10-21-31(47)43(7)26(3)34(28-19-15-12-16-20-28)51-39(50)32-33-37(48)45(29(25-46)23-27-17-13-11-14-18-27)36(41(33)24-30(42)35(32)52-41)38(49)44(22-9-2)40(4,5)6/h8-9,11-20,26,29-30,32-36,46H,1-2,10,21-25H2,3-7H3/t26-,29+,30?,32+,33-,34+,35+,36+,41-/m0/s1. The van der Waals surface area contributed by atoms with Crippen molar-refractivity contribution in [1.82, 2.24) is 14.7 Å². The number of ether oxygens (including phenoxy) is 2. The zero-order chi connectivity index (χ0) is 38.0. The zero-order valence-corrected chi connectivity index (χ0v) is 32.4. The minimum Gasteiger partial charge on any atom is -0.455 e. The van der Waals surface area contributed by atoms with E-state index in [0.29, 0.717) is 24.8 Å². The maximum absolute atomic E-state index is 15.0. The van der Waals surface area contributed by atoms with Crippen molar-refractivity contribution >= 4 is 39.6 Å². The van der Waals surface area contributed by atoms with Gasteiger partial charge in [0, 0.05) is 30.4 Å². The number of esters is 1. The van der Waals surface area contributed by atoms with Crippen LogP contribution in [-0.4, -0.2) is 104 Å². The molecule has 3 heterocycles. The van der Waals surface area contributed by atoms with Crippen LogP contribution in [0.15, 0.2) is 86.0 Å². The number of aliphatic hydroxyl groups excluding tert-OH is 1. The Balaban J connectivity index is 1.56. The van der Waals surface area contributed by atoms with E-state index in [2.05, 4.69) is 29.1 Å². The normalized spacial score (nSPS) is 26.6. The van der Waals surface area contributed by atoms with E-state index in [1.165, 1.54) is 4.90 Å². The van der Waals surface area contributed by atoms with Crippen molar-refractivity contribution in [3.8, 4) is 0 Å². The minimum atomic E-state index is -1.36. The van der Waals surface area contributed by atoms with Gasteiger partial charge < -0.3 is 29.3 Å². The molecule has 52 heavy (non-hydrogen) atoms. The van der Waals surface area contributed by atoms with Crippen molar-refractivity contribution in [3.05, 3.63) is 97.1 Å². The van der Waals surface area contributed by atoms with Crippen molar-refractivity contribution < 1.29 is 33.8 Å². The Kier molecular flexibility index (Phi) is 12.2. The Morgan fingerprint density at radius 2 is 1.73 bits per heavy atom. The number of carbonyl (C=O) groups is 4. The molecule has 2 aromatic rings. The zero-order valence-electron chi connectivity index (χ0n) is 30.8. The second-order valence-electron chi connectivity index (χ2n) is 15.2. The van der Waals surface area contributed by atoms with Gasteiger partial charge in [-0.05, 0) is 58.1 Å². The maximum atomic E-state index is 15.0. The van der Waals surface area contributed by atoms with E-state index in [1.807, 2.05) is 88.4 Å². The topological polar surface area (TPSA) is 117 Å².